The van der Waals surface area contributed by atoms with Crippen molar-refractivity contribution in [3.63, 3.8) is 0 Å². The summed E-state index contributed by atoms with van der Waals surface area (Å²) in [5, 5.41) is 16.6. The molecule has 4 aromatic rings. The Morgan fingerprint density at radius 3 is 2.04 bits per heavy atom. The van der Waals surface area contributed by atoms with E-state index in [0.717, 1.165) is 11.1 Å². The van der Waals surface area contributed by atoms with Gasteiger partial charge in [0.2, 0.25) is 0 Å². The van der Waals surface area contributed by atoms with Crippen molar-refractivity contribution in [2.75, 3.05) is 0 Å². The van der Waals surface area contributed by atoms with Crippen LogP contribution in [0.4, 0.5) is 5.69 Å². The predicted octanol–water partition coefficient (Wildman–Crippen LogP) is 5.24. The number of nitro benzene ring substituents is 1. The summed E-state index contributed by atoms with van der Waals surface area (Å²) in [5.74, 6) is 0. The molecule has 0 aliphatic carbocycles. The minimum absolute atomic E-state index is 0.00470. The molecule has 0 atom stereocenters. The maximum Gasteiger partial charge on any atom is 0.270 e. The van der Waals surface area contributed by atoms with Crippen molar-refractivity contribution in [3.05, 3.63) is 105 Å². The molecule has 5 nitrogen and oxygen atoms in total. The van der Waals surface area contributed by atoms with Gasteiger partial charge in [0.05, 0.1) is 10.4 Å². The van der Waals surface area contributed by atoms with Gasteiger partial charge in [-0.1, -0.05) is 72.3 Å². The van der Waals surface area contributed by atoms with E-state index >= 15 is 0 Å². The Balaban J connectivity index is 1.94. The molecular formula is C20H14ClN3O2. The van der Waals surface area contributed by atoms with Crippen LogP contribution >= 0.6 is 11.6 Å². The van der Waals surface area contributed by atoms with E-state index < -0.39 is 4.92 Å². The molecule has 0 unspecified atom stereocenters. The van der Waals surface area contributed by atoms with Crippen LogP contribution in [0, 0.1) is 10.1 Å². The van der Waals surface area contributed by atoms with Crippen molar-refractivity contribution in [3.8, 4) is 0 Å². The van der Waals surface area contributed by atoms with Gasteiger partial charge in [-0.3, -0.25) is 10.1 Å². The van der Waals surface area contributed by atoms with Gasteiger partial charge in [0.25, 0.3) is 5.69 Å². The number of fused-ring (bicyclic) bond motifs is 1. The first kappa shape index (κ1) is 16.3. The molecule has 0 aliphatic rings. The SMILES string of the molecule is O=[N+]([O-])c1ccc2nn(C(c3ccccc3)c3ccccc3)c(Cl)c2c1. The summed E-state index contributed by atoms with van der Waals surface area (Å²) in [6.07, 6.45) is 0. The third kappa shape index (κ3) is 2.82. The summed E-state index contributed by atoms with van der Waals surface area (Å²) >= 11 is 6.61. The molecule has 26 heavy (non-hydrogen) atoms. The lowest BCUT2D eigenvalue weighted by Crippen LogP contribution is -2.13. The van der Waals surface area contributed by atoms with Crippen LogP contribution in [-0.2, 0) is 0 Å². The van der Waals surface area contributed by atoms with Crippen molar-refractivity contribution in [2.24, 2.45) is 0 Å². The standard InChI is InChI=1S/C20H14ClN3O2/c21-20-17-13-16(24(25)26)11-12-18(17)22-23(20)19(14-7-3-1-4-8-14)15-9-5-2-6-10-15/h1-13,19H. The Morgan fingerprint density at radius 1 is 0.923 bits per heavy atom. The van der Waals surface area contributed by atoms with Gasteiger partial charge in [0.1, 0.15) is 11.2 Å². The van der Waals surface area contributed by atoms with Gasteiger partial charge in [0, 0.05) is 17.5 Å². The predicted molar refractivity (Wildman–Crippen MR) is 102 cm³/mol. The molecule has 0 bridgehead atoms. The van der Waals surface area contributed by atoms with E-state index in [9.17, 15) is 10.1 Å². The highest BCUT2D eigenvalue weighted by atomic mass is 35.5. The Bertz CT molecular complexity index is 1040. The van der Waals surface area contributed by atoms with Crippen LogP contribution in [0.5, 0.6) is 0 Å². The summed E-state index contributed by atoms with van der Waals surface area (Å²) in [5.41, 5.74) is 2.68. The fraction of sp³-hybridized carbons (Fsp3) is 0.0500. The minimum atomic E-state index is -0.432. The molecule has 0 amide bonds. The average Bonchev–Trinajstić information content (AvgIpc) is 3.00. The van der Waals surface area contributed by atoms with Crippen LogP contribution < -0.4 is 0 Å². The number of non-ortho nitro benzene ring substituents is 1. The molecule has 0 saturated carbocycles. The Kier molecular flexibility index (Phi) is 4.14. The molecule has 128 valence electrons. The Hall–Kier alpha value is -3.18. The number of nitro groups is 1. The van der Waals surface area contributed by atoms with E-state index in [-0.39, 0.29) is 11.7 Å². The van der Waals surface area contributed by atoms with E-state index in [2.05, 4.69) is 5.10 Å². The lowest BCUT2D eigenvalue weighted by atomic mass is 9.99. The summed E-state index contributed by atoms with van der Waals surface area (Å²) in [6.45, 7) is 0. The van der Waals surface area contributed by atoms with E-state index in [1.165, 1.54) is 12.1 Å². The van der Waals surface area contributed by atoms with E-state index in [0.29, 0.717) is 16.1 Å². The number of rotatable bonds is 4. The number of nitrogens with zero attached hydrogens (tertiary/aromatic N) is 3. The van der Waals surface area contributed by atoms with Crippen molar-refractivity contribution >= 4 is 28.2 Å². The summed E-state index contributed by atoms with van der Waals surface area (Å²) in [7, 11) is 0. The topological polar surface area (TPSA) is 61.0 Å². The van der Waals surface area contributed by atoms with Crippen LogP contribution in [0.3, 0.4) is 0 Å². The van der Waals surface area contributed by atoms with Crippen molar-refractivity contribution < 1.29 is 4.92 Å². The molecule has 0 aliphatic heterocycles. The van der Waals surface area contributed by atoms with Crippen molar-refractivity contribution in [1.82, 2.24) is 9.78 Å². The van der Waals surface area contributed by atoms with E-state index in [4.69, 9.17) is 11.6 Å². The molecule has 4 rings (SSSR count). The van der Waals surface area contributed by atoms with Gasteiger partial charge in [0.15, 0.2) is 0 Å². The van der Waals surface area contributed by atoms with Crippen LogP contribution in [0.15, 0.2) is 78.9 Å². The van der Waals surface area contributed by atoms with Gasteiger partial charge in [-0.05, 0) is 17.2 Å². The zero-order valence-electron chi connectivity index (χ0n) is 13.6. The molecule has 0 spiro atoms. The fourth-order valence-electron chi connectivity index (χ4n) is 3.09. The van der Waals surface area contributed by atoms with Crippen LogP contribution in [0.25, 0.3) is 10.9 Å². The number of halogens is 1. The quantitative estimate of drug-likeness (QED) is 0.368. The van der Waals surface area contributed by atoms with Crippen molar-refractivity contribution in [2.45, 2.75) is 6.04 Å². The van der Waals surface area contributed by atoms with Gasteiger partial charge in [-0.15, -0.1) is 0 Å². The van der Waals surface area contributed by atoms with Gasteiger partial charge in [-0.25, -0.2) is 4.68 Å². The fourth-order valence-corrected chi connectivity index (χ4v) is 3.38. The normalized spacial score (nSPS) is 11.2. The molecule has 0 fully saturated rings. The average molecular weight is 364 g/mol. The first-order valence-electron chi connectivity index (χ1n) is 8.07. The molecule has 0 saturated heterocycles. The number of hydrogen-bond donors (Lipinski definition) is 0. The van der Waals surface area contributed by atoms with Crippen LogP contribution in [0.1, 0.15) is 17.2 Å². The molecule has 6 heteroatoms. The van der Waals surface area contributed by atoms with E-state index in [1.807, 2.05) is 60.7 Å². The van der Waals surface area contributed by atoms with Gasteiger partial charge >= 0.3 is 0 Å². The first-order chi connectivity index (χ1) is 12.6. The van der Waals surface area contributed by atoms with Crippen LogP contribution in [0.2, 0.25) is 5.15 Å². The number of aromatic nitrogens is 2. The molecule has 1 heterocycles. The molecule has 0 radical (unpaired) electrons. The Morgan fingerprint density at radius 2 is 1.50 bits per heavy atom. The summed E-state index contributed by atoms with van der Waals surface area (Å²) < 4.78 is 1.72. The minimum Gasteiger partial charge on any atom is -0.258 e. The second-order valence-electron chi connectivity index (χ2n) is 5.92. The van der Waals surface area contributed by atoms with Crippen molar-refractivity contribution in [1.29, 1.82) is 0 Å². The largest absolute Gasteiger partial charge is 0.270 e. The summed E-state index contributed by atoms with van der Waals surface area (Å²) in [4.78, 5) is 10.6. The van der Waals surface area contributed by atoms with Gasteiger partial charge in [-0.2, -0.15) is 5.10 Å². The zero-order valence-corrected chi connectivity index (χ0v) is 14.4. The monoisotopic (exact) mass is 363 g/mol. The molecule has 3 aromatic carbocycles. The second kappa shape index (κ2) is 6.61. The third-order valence-electron chi connectivity index (χ3n) is 4.31. The zero-order chi connectivity index (χ0) is 18.1. The van der Waals surface area contributed by atoms with Gasteiger partial charge < -0.3 is 0 Å². The summed E-state index contributed by atoms with van der Waals surface area (Å²) in [6, 6.07) is 24.1. The number of benzene rings is 3. The maximum absolute atomic E-state index is 11.1. The Labute approximate surface area is 154 Å². The highest BCUT2D eigenvalue weighted by molar-refractivity contribution is 6.34. The smallest absolute Gasteiger partial charge is 0.258 e. The first-order valence-corrected chi connectivity index (χ1v) is 8.45. The maximum atomic E-state index is 11.1. The van der Waals surface area contributed by atoms with Crippen LogP contribution in [-0.4, -0.2) is 14.7 Å². The third-order valence-corrected chi connectivity index (χ3v) is 4.68. The molecular weight excluding hydrogens is 350 g/mol. The highest BCUT2D eigenvalue weighted by Crippen LogP contribution is 2.34. The lowest BCUT2D eigenvalue weighted by Gasteiger charge is -2.19. The highest BCUT2D eigenvalue weighted by Gasteiger charge is 2.22. The molecule has 0 N–H and O–H groups in total. The lowest BCUT2D eigenvalue weighted by molar-refractivity contribution is -0.384. The number of hydrogen-bond acceptors (Lipinski definition) is 3. The second-order valence-corrected chi connectivity index (χ2v) is 6.28. The van der Waals surface area contributed by atoms with E-state index in [1.54, 1.807) is 10.7 Å². The molecule has 1 aromatic heterocycles.